The Kier molecular flexibility index (Phi) is 7.98. The predicted octanol–water partition coefficient (Wildman–Crippen LogP) is 1.61. The molecule has 6 heteroatoms. The topological polar surface area (TPSA) is 57.5 Å². The van der Waals surface area contributed by atoms with Gasteiger partial charge in [0.05, 0.1) is 0 Å². The summed E-state index contributed by atoms with van der Waals surface area (Å²) in [7, 11) is 6.05. The van der Waals surface area contributed by atoms with Crippen LogP contribution in [0.1, 0.15) is 12.0 Å². The summed E-state index contributed by atoms with van der Waals surface area (Å²) in [6.07, 6.45) is 5.81. The van der Waals surface area contributed by atoms with Gasteiger partial charge in [-0.15, -0.1) is 0 Å². The first-order valence-electron chi connectivity index (χ1n) is 8.81. The SMILES string of the molecule is CN=C(NCCCn1cccn1)NCC(Cc1ccccc1)N(C)C. The molecule has 1 aromatic heterocycles. The first-order chi connectivity index (χ1) is 12.2. The molecule has 1 heterocycles. The van der Waals surface area contributed by atoms with Crippen LogP contribution in [0.4, 0.5) is 0 Å². The summed E-state index contributed by atoms with van der Waals surface area (Å²) < 4.78 is 1.94. The molecule has 0 fully saturated rings. The van der Waals surface area contributed by atoms with Crippen LogP contribution < -0.4 is 10.6 Å². The number of hydrogen-bond donors (Lipinski definition) is 2. The summed E-state index contributed by atoms with van der Waals surface area (Å²) in [5, 5.41) is 11.0. The Morgan fingerprint density at radius 3 is 2.64 bits per heavy atom. The Morgan fingerprint density at radius 1 is 1.20 bits per heavy atom. The molecule has 2 rings (SSSR count). The van der Waals surface area contributed by atoms with Gasteiger partial charge in [0.15, 0.2) is 5.96 Å². The average Bonchev–Trinajstić information content (AvgIpc) is 3.14. The minimum atomic E-state index is 0.407. The Bertz CT molecular complexity index is 606. The van der Waals surface area contributed by atoms with E-state index in [0.29, 0.717) is 6.04 Å². The minimum absolute atomic E-state index is 0.407. The fraction of sp³-hybridized carbons (Fsp3) is 0.474. The zero-order valence-electron chi connectivity index (χ0n) is 15.5. The van der Waals surface area contributed by atoms with Crippen molar-refractivity contribution >= 4 is 5.96 Å². The summed E-state index contributed by atoms with van der Waals surface area (Å²) in [6, 6.07) is 13.0. The van der Waals surface area contributed by atoms with Crippen LogP contribution in [0.25, 0.3) is 0 Å². The van der Waals surface area contributed by atoms with Gasteiger partial charge in [-0.2, -0.15) is 5.10 Å². The number of rotatable bonds is 9. The standard InChI is InChI=1S/C19H30N6/c1-20-19(21-11-7-13-25-14-8-12-23-25)22-16-18(24(2)3)15-17-9-5-4-6-10-17/h4-6,8-10,12,14,18H,7,11,13,15-16H2,1-3H3,(H2,20,21,22). The maximum atomic E-state index is 4.31. The number of aryl methyl sites for hydroxylation is 1. The first kappa shape index (κ1) is 19.0. The van der Waals surface area contributed by atoms with Gasteiger partial charge in [-0.1, -0.05) is 30.3 Å². The highest BCUT2D eigenvalue weighted by atomic mass is 15.3. The number of hydrogen-bond acceptors (Lipinski definition) is 3. The third-order valence-corrected chi connectivity index (χ3v) is 4.19. The van der Waals surface area contributed by atoms with Gasteiger partial charge < -0.3 is 15.5 Å². The van der Waals surface area contributed by atoms with Crippen LogP contribution in [-0.4, -0.2) is 60.9 Å². The lowest BCUT2D eigenvalue weighted by molar-refractivity contribution is 0.290. The number of guanidine groups is 1. The number of nitrogens with zero attached hydrogens (tertiary/aromatic N) is 4. The summed E-state index contributed by atoms with van der Waals surface area (Å²) in [4.78, 5) is 6.57. The molecule has 136 valence electrons. The Labute approximate surface area is 151 Å². The van der Waals surface area contributed by atoms with Crippen molar-refractivity contribution in [2.24, 2.45) is 4.99 Å². The van der Waals surface area contributed by atoms with E-state index in [0.717, 1.165) is 38.4 Å². The van der Waals surface area contributed by atoms with E-state index in [4.69, 9.17) is 0 Å². The third-order valence-electron chi connectivity index (χ3n) is 4.19. The number of likely N-dealkylation sites (N-methyl/N-ethyl adjacent to an activating group) is 1. The molecule has 0 aliphatic heterocycles. The van der Waals surface area contributed by atoms with E-state index in [1.54, 1.807) is 0 Å². The van der Waals surface area contributed by atoms with Gasteiger partial charge in [0.2, 0.25) is 0 Å². The third kappa shape index (κ3) is 6.97. The zero-order chi connectivity index (χ0) is 17.9. The summed E-state index contributed by atoms with van der Waals surface area (Å²) in [6.45, 7) is 2.62. The van der Waals surface area contributed by atoms with E-state index >= 15 is 0 Å². The molecule has 0 radical (unpaired) electrons. The van der Waals surface area contributed by atoms with Gasteiger partial charge in [-0.05, 0) is 38.6 Å². The molecule has 6 nitrogen and oxygen atoms in total. The summed E-state index contributed by atoms with van der Waals surface area (Å²) in [5.41, 5.74) is 1.35. The molecule has 0 saturated heterocycles. The molecule has 1 unspecified atom stereocenters. The number of aromatic nitrogens is 2. The van der Waals surface area contributed by atoms with Crippen molar-refractivity contribution in [1.29, 1.82) is 0 Å². The van der Waals surface area contributed by atoms with Crippen LogP contribution in [0.2, 0.25) is 0 Å². The number of nitrogens with one attached hydrogen (secondary N) is 2. The number of aliphatic imine (C=N–C) groups is 1. The lowest BCUT2D eigenvalue weighted by Gasteiger charge is -2.25. The van der Waals surface area contributed by atoms with Crippen molar-refractivity contribution in [2.75, 3.05) is 34.2 Å². The zero-order valence-corrected chi connectivity index (χ0v) is 15.5. The predicted molar refractivity (Wildman–Crippen MR) is 104 cm³/mol. The van der Waals surface area contributed by atoms with Crippen LogP contribution in [0, 0.1) is 0 Å². The highest BCUT2D eigenvalue weighted by molar-refractivity contribution is 5.79. The largest absolute Gasteiger partial charge is 0.356 e. The number of benzene rings is 1. The van der Waals surface area contributed by atoms with Gasteiger partial charge in [-0.3, -0.25) is 9.67 Å². The van der Waals surface area contributed by atoms with Gasteiger partial charge in [0, 0.05) is 45.1 Å². The van der Waals surface area contributed by atoms with Crippen molar-refractivity contribution in [3.8, 4) is 0 Å². The molecule has 1 atom stereocenters. The molecule has 0 aliphatic rings. The second kappa shape index (κ2) is 10.5. The molecular weight excluding hydrogens is 312 g/mol. The Balaban J connectivity index is 1.73. The molecular formula is C19H30N6. The van der Waals surface area contributed by atoms with Crippen molar-refractivity contribution < 1.29 is 0 Å². The van der Waals surface area contributed by atoms with Gasteiger partial charge in [-0.25, -0.2) is 0 Å². The van der Waals surface area contributed by atoms with Crippen molar-refractivity contribution in [1.82, 2.24) is 25.3 Å². The lowest BCUT2D eigenvalue weighted by Crippen LogP contribution is -2.46. The van der Waals surface area contributed by atoms with Crippen molar-refractivity contribution in [2.45, 2.75) is 25.4 Å². The molecule has 25 heavy (non-hydrogen) atoms. The monoisotopic (exact) mass is 342 g/mol. The molecule has 0 spiro atoms. The van der Waals surface area contributed by atoms with Gasteiger partial charge in [0.1, 0.15) is 0 Å². The van der Waals surface area contributed by atoms with Crippen molar-refractivity contribution in [3.05, 3.63) is 54.4 Å². The van der Waals surface area contributed by atoms with Gasteiger partial charge >= 0.3 is 0 Å². The van der Waals surface area contributed by atoms with Crippen molar-refractivity contribution in [3.63, 3.8) is 0 Å². The fourth-order valence-electron chi connectivity index (χ4n) is 2.64. The summed E-state index contributed by atoms with van der Waals surface area (Å²) >= 11 is 0. The molecule has 0 aliphatic carbocycles. The van der Waals surface area contributed by atoms with E-state index in [2.05, 4.69) is 70.1 Å². The van der Waals surface area contributed by atoms with Crippen LogP contribution >= 0.6 is 0 Å². The normalized spacial score (nSPS) is 13.0. The lowest BCUT2D eigenvalue weighted by atomic mass is 10.1. The second-order valence-corrected chi connectivity index (χ2v) is 6.31. The average molecular weight is 342 g/mol. The molecule has 0 bridgehead atoms. The molecule has 0 amide bonds. The van der Waals surface area contributed by atoms with E-state index in [9.17, 15) is 0 Å². The van der Waals surface area contributed by atoms with E-state index < -0.39 is 0 Å². The Hall–Kier alpha value is -2.34. The minimum Gasteiger partial charge on any atom is -0.356 e. The smallest absolute Gasteiger partial charge is 0.191 e. The second-order valence-electron chi connectivity index (χ2n) is 6.31. The first-order valence-corrected chi connectivity index (χ1v) is 8.81. The molecule has 2 aromatic rings. The molecule has 2 N–H and O–H groups in total. The van der Waals surface area contributed by atoms with Crippen LogP contribution in [0.15, 0.2) is 53.8 Å². The van der Waals surface area contributed by atoms with E-state index in [1.165, 1.54) is 5.56 Å². The Morgan fingerprint density at radius 2 is 2.00 bits per heavy atom. The van der Waals surface area contributed by atoms with Crippen LogP contribution in [0.3, 0.4) is 0 Å². The molecule has 1 aromatic carbocycles. The molecule has 0 saturated carbocycles. The van der Waals surface area contributed by atoms with Crippen LogP contribution in [0.5, 0.6) is 0 Å². The van der Waals surface area contributed by atoms with Gasteiger partial charge in [0.25, 0.3) is 0 Å². The van der Waals surface area contributed by atoms with Crippen LogP contribution in [-0.2, 0) is 13.0 Å². The van der Waals surface area contributed by atoms with E-state index in [-0.39, 0.29) is 0 Å². The maximum absolute atomic E-state index is 4.31. The van der Waals surface area contributed by atoms with E-state index in [1.807, 2.05) is 30.2 Å². The maximum Gasteiger partial charge on any atom is 0.191 e. The highest BCUT2D eigenvalue weighted by Crippen LogP contribution is 2.06. The fourth-order valence-corrected chi connectivity index (χ4v) is 2.64. The highest BCUT2D eigenvalue weighted by Gasteiger charge is 2.12. The quantitative estimate of drug-likeness (QED) is 0.413. The summed E-state index contributed by atoms with van der Waals surface area (Å²) in [5.74, 6) is 0.848.